The summed E-state index contributed by atoms with van der Waals surface area (Å²) in [5, 5.41) is 16.0. The first-order valence-electron chi connectivity index (χ1n) is 5.84. The smallest absolute Gasteiger partial charge is 0.355 e. The molecule has 1 amide bonds. The Morgan fingerprint density at radius 2 is 2.20 bits per heavy atom. The van der Waals surface area contributed by atoms with E-state index >= 15 is 0 Å². The summed E-state index contributed by atoms with van der Waals surface area (Å²) in [5.74, 6) is -1.56. The second kappa shape index (κ2) is 6.27. The Kier molecular flexibility index (Phi) is 4.44. The number of benzene rings is 1. The molecule has 6 nitrogen and oxygen atoms in total. The lowest BCUT2D eigenvalue weighted by molar-refractivity contribution is 0.0691. The van der Waals surface area contributed by atoms with E-state index in [-0.39, 0.29) is 10.7 Å². The second-order valence-corrected chi connectivity index (χ2v) is 4.89. The third kappa shape index (κ3) is 3.40. The number of aromatic nitrogens is 1. The molecule has 0 saturated carbocycles. The van der Waals surface area contributed by atoms with Gasteiger partial charge >= 0.3 is 5.97 Å². The summed E-state index contributed by atoms with van der Waals surface area (Å²) in [7, 11) is 1.84. The summed E-state index contributed by atoms with van der Waals surface area (Å²) in [6, 6.07) is 7.40. The van der Waals surface area contributed by atoms with E-state index in [1.807, 2.05) is 25.2 Å². The Morgan fingerprint density at radius 3 is 2.85 bits per heavy atom. The van der Waals surface area contributed by atoms with Crippen molar-refractivity contribution in [2.75, 3.05) is 12.4 Å². The number of nitrogens with one attached hydrogen (secondary N) is 2. The van der Waals surface area contributed by atoms with E-state index in [0.29, 0.717) is 12.2 Å². The monoisotopic (exact) mass is 291 g/mol. The Morgan fingerprint density at radius 1 is 1.40 bits per heavy atom. The number of nitrogens with zero attached hydrogens (tertiary/aromatic N) is 1. The van der Waals surface area contributed by atoms with Gasteiger partial charge in [0.1, 0.15) is 0 Å². The van der Waals surface area contributed by atoms with Crippen molar-refractivity contribution in [3.05, 3.63) is 45.9 Å². The molecule has 0 fully saturated rings. The number of hydrogen-bond acceptors (Lipinski definition) is 5. The molecule has 0 aliphatic heterocycles. The highest BCUT2D eigenvalue weighted by Crippen LogP contribution is 2.15. The van der Waals surface area contributed by atoms with Crippen LogP contribution in [0.4, 0.5) is 5.69 Å². The molecular weight excluding hydrogens is 278 g/mol. The van der Waals surface area contributed by atoms with E-state index in [1.54, 1.807) is 6.07 Å². The molecule has 104 valence electrons. The van der Waals surface area contributed by atoms with E-state index in [0.717, 1.165) is 16.9 Å². The normalized spacial score (nSPS) is 10.2. The number of carbonyl (C=O) groups is 2. The van der Waals surface area contributed by atoms with Crippen molar-refractivity contribution in [3.63, 3.8) is 0 Å². The molecule has 1 heterocycles. The van der Waals surface area contributed by atoms with E-state index < -0.39 is 11.9 Å². The van der Waals surface area contributed by atoms with Gasteiger partial charge in [0.05, 0.1) is 0 Å². The topological polar surface area (TPSA) is 91.3 Å². The largest absolute Gasteiger partial charge is 0.476 e. The zero-order valence-corrected chi connectivity index (χ0v) is 11.5. The summed E-state index contributed by atoms with van der Waals surface area (Å²) >= 11 is 1.00. The van der Waals surface area contributed by atoms with Gasteiger partial charge in [0.2, 0.25) is 0 Å². The molecule has 20 heavy (non-hydrogen) atoms. The number of anilines is 1. The van der Waals surface area contributed by atoms with Gasteiger partial charge in [-0.25, -0.2) is 9.78 Å². The number of hydrogen-bond donors (Lipinski definition) is 3. The summed E-state index contributed by atoms with van der Waals surface area (Å²) < 4.78 is 0. The van der Waals surface area contributed by atoms with Crippen LogP contribution in [0.15, 0.2) is 29.6 Å². The fourth-order valence-corrected chi connectivity index (χ4v) is 2.31. The molecular formula is C13H13N3O3S. The highest BCUT2D eigenvalue weighted by molar-refractivity contribution is 7.12. The van der Waals surface area contributed by atoms with E-state index in [2.05, 4.69) is 15.6 Å². The van der Waals surface area contributed by atoms with Crippen LogP contribution in [-0.4, -0.2) is 29.0 Å². The van der Waals surface area contributed by atoms with Crippen molar-refractivity contribution in [1.29, 1.82) is 0 Å². The fourth-order valence-electron chi connectivity index (χ4n) is 1.62. The molecule has 0 aliphatic carbocycles. The summed E-state index contributed by atoms with van der Waals surface area (Å²) in [5.41, 5.74) is 1.56. The Bertz CT molecular complexity index is 639. The third-order valence-electron chi connectivity index (χ3n) is 2.48. The SMILES string of the molecule is CNCc1cccc(NC(=O)c2nc(C(=O)O)cs2)c1. The quantitative estimate of drug-likeness (QED) is 0.781. The number of carbonyl (C=O) groups excluding carboxylic acids is 1. The number of carboxylic acid groups (broad SMARTS) is 1. The maximum absolute atomic E-state index is 11.9. The average molecular weight is 291 g/mol. The number of aromatic carboxylic acids is 1. The van der Waals surface area contributed by atoms with Crippen molar-refractivity contribution >= 4 is 28.9 Å². The first kappa shape index (κ1) is 14.2. The minimum absolute atomic E-state index is 0.121. The number of rotatable bonds is 5. The van der Waals surface area contributed by atoms with Crippen LogP contribution in [0.5, 0.6) is 0 Å². The third-order valence-corrected chi connectivity index (χ3v) is 3.32. The van der Waals surface area contributed by atoms with Crippen LogP contribution in [0, 0.1) is 0 Å². The van der Waals surface area contributed by atoms with Crippen molar-refractivity contribution < 1.29 is 14.7 Å². The maximum Gasteiger partial charge on any atom is 0.355 e. The van der Waals surface area contributed by atoms with Gasteiger partial charge in [-0.3, -0.25) is 4.79 Å². The van der Waals surface area contributed by atoms with Gasteiger partial charge in [-0.2, -0.15) is 0 Å². The Balaban J connectivity index is 2.10. The van der Waals surface area contributed by atoms with E-state index in [9.17, 15) is 9.59 Å². The minimum atomic E-state index is -1.14. The van der Waals surface area contributed by atoms with Crippen molar-refractivity contribution in [3.8, 4) is 0 Å². The van der Waals surface area contributed by atoms with Crippen LogP contribution in [0.3, 0.4) is 0 Å². The fraction of sp³-hybridized carbons (Fsp3) is 0.154. The highest BCUT2D eigenvalue weighted by Gasteiger charge is 2.14. The predicted molar refractivity (Wildman–Crippen MR) is 76.2 cm³/mol. The van der Waals surface area contributed by atoms with Crippen LogP contribution < -0.4 is 10.6 Å². The van der Waals surface area contributed by atoms with Crippen LogP contribution >= 0.6 is 11.3 Å². The number of amides is 1. The molecule has 0 radical (unpaired) electrons. The predicted octanol–water partition coefficient (Wildman–Crippen LogP) is 1.81. The summed E-state index contributed by atoms with van der Waals surface area (Å²) in [6.07, 6.45) is 0. The number of thiazole rings is 1. The first-order valence-corrected chi connectivity index (χ1v) is 6.72. The standard InChI is InChI=1S/C13H13N3O3S/c1-14-6-8-3-2-4-9(5-8)15-11(17)12-16-10(7-20-12)13(18)19/h2-5,7,14H,6H2,1H3,(H,15,17)(H,18,19). The van der Waals surface area contributed by atoms with E-state index in [4.69, 9.17) is 5.11 Å². The van der Waals surface area contributed by atoms with Gasteiger partial charge in [0, 0.05) is 17.6 Å². The van der Waals surface area contributed by atoms with Crippen molar-refractivity contribution in [2.45, 2.75) is 6.54 Å². The van der Waals surface area contributed by atoms with Crippen molar-refractivity contribution in [2.24, 2.45) is 0 Å². The highest BCUT2D eigenvalue weighted by atomic mass is 32.1. The van der Waals surface area contributed by atoms with E-state index in [1.165, 1.54) is 5.38 Å². The van der Waals surface area contributed by atoms with Gasteiger partial charge < -0.3 is 15.7 Å². The van der Waals surface area contributed by atoms with Gasteiger partial charge in [-0.05, 0) is 24.7 Å². The van der Waals surface area contributed by atoms with Crippen LogP contribution in [-0.2, 0) is 6.54 Å². The molecule has 3 N–H and O–H groups in total. The lowest BCUT2D eigenvalue weighted by Crippen LogP contribution is -2.13. The molecule has 2 aromatic rings. The van der Waals surface area contributed by atoms with Crippen molar-refractivity contribution in [1.82, 2.24) is 10.3 Å². The lowest BCUT2D eigenvalue weighted by atomic mass is 10.2. The molecule has 0 spiro atoms. The second-order valence-electron chi connectivity index (χ2n) is 4.03. The molecule has 0 atom stereocenters. The zero-order valence-electron chi connectivity index (χ0n) is 10.7. The Labute approximate surface area is 119 Å². The molecule has 0 aliphatic rings. The Hall–Kier alpha value is -2.25. The average Bonchev–Trinajstić information content (AvgIpc) is 2.89. The molecule has 0 saturated heterocycles. The lowest BCUT2D eigenvalue weighted by Gasteiger charge is -2.05. The van der Waals surface area contributed by atoms with Gasteiger partial charge in [0.15, 0.2) is 10.7 Å². The molecule has 0 unspecified atom stereocenters. The summed E-state index contributed by atoms with van der Waals surface area (Å²) in [6.45, 7) is 0.699. The van der Waals surface area contributed by atoms with Crippen LogP contribution in [0.25, 0.3) is 0 Å². The summed E-state index contributed by atoms with van der Waals surface area (Å²) in [4.78, 5) is 26.4. The molecule has 1 aromatic heterocycles. The minimum Gasteiger partial charge on any atom is -0.476 e. The molecule has 7 heteroatoms. The van der Waals surface area contributed by atoms with Crippen LogP contribution in [0.2, 0.25) is 0 Å². The zero-order chi connectivity index (χ0) is 14.5. The molecule has 0 bridgehead atoms. The molecule has 2 rings (SSSR count). The number of carboxylic acids is 1. The van der Waals surface area contributed by atoms with Gasteiger partial charge in [-0.15, -0.1) is 11.3 Å². The molecule has 1 aromatic carbocycles. The van der Waals surface area contributed by atoms with Gasteiger partial charge in [-0.1, -0.05) is 12.1 Å². The first-order chi connectivity index (χ1) is 9.60. The van der Waals surface area contributed by atoms with Gasteiger partial charge in [0.25, 0.3) is 5.91 Å². The maximum atomic E-state index is 11.9. The van der Waals surface area contributed by atoms with Crippen LogP contribution in [0.1, 0.15) is 25.9 Å².